The lowest BCUT2D eigenvalue weighted by molar-refractivity contribution is 0.130. The van der Waals surface area contributed by atoms with E-state index in [2.05, 4.69) is 26.9 Å². The molecule has 0 aliphatic rings. The second-order valence-electron chi connectivity index (χ2n) is 4.37. The van der Waals surface area contributed by atoms with Crippen LogP contribution in [-0.2, 0) is 19.0 Å². The largest absolute Gasteiger partial charge is 0.449 e. The van der Waals surface area contributed by atoms with Crippen LogP contribution in [0, 0.1) is 11.5 Å². The first kappa shape index (κ1) is 20.9. The number of aliphatic imine (C=N–C) groups is 1. The van der Waals surface area contributed by atoms with E-state index in [-0.39, 0.29) is 20.0 Å². The summed E-state index contributed by atoms with van der Waals surface area (Å²) in [7, 11) is 0. The van der Waals surface area contributed by atoms with Crippen LogP contribution in [0.15, 0.2) is 17.3 Å². The van der Waals surface area contributed by atoms with Gasteiger partial charge in [-0.15, -0.1) is 0 Å². The van der Waals surface area contributed by atoms with Crippen molar-refractivity contribution in [3.8, 4) is 6.26 Å². The van der Waals surface area contributed by atoms with Crippen LogP contribution in [-0.4, -0.2) is 38.3 Å². The second kappa shape index (κ2) is 14.9. The molecule has 0 radical (unpaired) electrons. The molecule has 0 bridgehead atoms. The zero-order chi connectivity index (χ0) is 18.0. The van der Waals surface area contributed by atoms with Gasteiger partial charge in [0, 0.05) is 6.42 Å². The zero-order valence-electron chi connectivity index (χ0n) is 13.2. The minimum atomic E-state index is -0.723. The van der Waals surface area contributed by atoms with E-state index in [1.54, 1.807) is 0 Å². The average molecular weight is 340 g/mol. The predicted molar refractivity (Wildman–Crippen MR) is 80.9 cm³/mol. The molecule has 10 nitrogen and oxygen atoms in total. The number of nitriles is 1. The Balaban J connectivity index is 3.47. The summed E-state index contributed by atoms with van der Waals surface area (Å²) in [5.41, 5.74) is 0. The van der Waals surface area contributed by atoms with E-state index in [4.69, 9.17) is 14.7 Å². The van der Waals surface area contributed by atoms with Crippen molar-refractivity contribution >= 4 is 18.3 Å². The molecule has 0 aromatic heterocycles. The number of carbonyl (C=O) groups is 2. The first-order valence-electron chi connectivity index (χ1n) is 7.18. The third-order valence-electron chi connectivity index (χ3n) is 2.54. The van der Waals surface area contributed by atoms with Crippen LogP contribution < -0.4 is 10.6 Å². The van der Waals surface area contributed by atoms with Gasteiger partial charge in [-0.25, -0.2) is 14.4 Å². The van der Waals surface area contributed by atoms with Gasteiger partial charge in [0.05, 0.1) is 6.61 Å². The van der Waals surface area contributed by atoms with E-state index >= 15 is 0 Å². The van der Waals surface area contributed by atoms with Crippen LogP contribution >= 0.6 is 0 Å². The van der Waals surface area contributed by atoms with E-state index in [0.717, 1.165) is 19.3 Å². The molecule has 0 aromatic carbocycles. The van der Waals surface area contributed by atoms with Gasteiger partial charge in [0.25, 0.3) is 6.26 Å². The highest BCUT2D eigenvalue weighted by Gasteiger charge is 2.04. The highest BCUT2D eigenvalue weighted by Crippen LogP contribution is 2.10. The third-order valence-corrected chi connectivity index (χ3v) is 2.54. The van der Waals surface area contributed by atoms with Gasteiger partial charge in [-0.1, -0.05) is 19.4 Å². The number of ether oxygens (including phenoxy) is 3. The number of unbranched alkanes of at least 4 members (excludes halogenated alkanes) is 3. The quantitative estimate of drug-likeness (QED) is 0.137. The van der Waals surface area contributed by atoms with Gasteiger partial charge in [-0.2, -0.15) is 10.3 Å². The van der Waals surface area contributed by atoms with Crippen molar-refractivity contribution in [3.63, 3.8) is 0 Å². The van der Waals surface area contributed by atoms with Gasteiger partial charge in [0.15, 0.2) is 6.73 Å². The molecule has 0 saturated heterocycles. The molecule has 0 aliphatic carbocycles. The summed E-state index contributed by atoms with van der Waals surface area (Å²) < 4.78 is 14.0. The normalized spacial score (nSPS) is 8.96. The van der Waals surface area contributed by atoms with Gasteiger partial charge < -0.3 is 19.5 Å². The Kier molecular flexibility index (Phi) is 13.0. The van der Waals surface area contributed by atoms with Crippen molar-refractivity contribution in [1.82, 2.24) is 10.6 Å². The molecule has 2 N–H and O–H groups in total. The van der Waals surface area contributed by atoms with Crippen molar-refractivity contribution in [1.29, 1.82) is 5.26 Å². The third kappa shape index (κ3) is 13.9. The maximum absolute atomic E-state index is 11.2. The van der Waals surface area contributed by atoms with E-state index in [1.165, 1.54) is 12.3 Å². The monoisotopic (exact) mass is 340 g/mol. The molecule has 0 rings (SSSR count). The van der Waals surface area contributed by atoms with Crippen LogP contribution in [0.4, 0.5) is 9.59 Å². The Morgan fingerprint density at radius 1 is 1.12 bits per heavy atom. The molecule has 24 heavy (non-hydrogen) atoms. The van der Waals surface area contributed by atoms with Crippen molar-refractivity contribution in [3.05, 3.63) is 12.3 Å². The first-order valence-corrected chi connectivity index (χ1v) is 7.18. The fraction of sp³-hybridized carbons (Fsp3) is 0.571. The smallest absolute Gasteiger partial charge is 0.413 e. The Bertz CT molecular complexity index is 496. The molecule has 0 fully saturated rings. The first-order chi connectivity index (χ1) is 11.6. The number of allylic oxidation sites excluding steroid dienone is 1. The number of nitrogens with one attached hydrogen (secondary N) is 2. The summed E-state index contributed by atoms with van der Waals surface area (Å²) in [6.45, 7) is 3.47. The van der Waals surface area contributed by atoms with Crippen LogP contribution in [0.5, 0.6) is 0 Å². The average Bonchev–Trinajstić information content (AvgIpc) is 2.54. The molecule has 0 unspecified atom stereocenters. The van der Waals surface area contributed by atoms with Crippen LogP contribution in [0.2, 0.25) is 0 Å². The molecule has 0 aliphatic heterocycles. The molecule has 0 spiro atoms. The van der Waals surface area contributed by atoms with Crippen molar-refractivity contribution in [2.24, 2.45) is 4.99 Å². The van der Waals surface area contributed by atoms with E-state index in [9.17, 15) is 14.4 Å². The Morgan fingerprint density at radius 2 is 1.88 bits per heavy atom. The minimum absolute atomic E-state index is 0.189. The fourth-order valence-corrected chi connectivity index (χ4v) is 1.48. The van der Waals surface area contributed by atoms with Crippen molar-refractivity contribution in [2.75, 3.05) is 20.0 Å². The van der Waals surface area contributed by atoms with Gasteiger partial charge in [-0.05, 0) is 12.8 Å². The lowest BCUT2D eigenvalue weighted by Crippen LogP contribution is -2.26. The van der Waals surface area contributed by atoms with E-state index in [1.807, 2.05) is 0 Å². The highest BCUT2D eigenvalue weighted by molar-refractivity contribution is 5.68. The molecular weight excluding hydrogens is 320 g/mol. The van der Waals surface area contributed by atoms with Gasteiger partial charge in [-0.3, -0.25) is 5.32 Å². The number of hydrogen-bond donors (Lipinski definition) is 2. The minimum Gasteiger partial charge on any atom is -0.449 e. The second-order valence-corrected chi connectivity index (χ2v) is 4.37. The summed E-state index contributed by atoms with van der Waals surface area (Å²) in [5, 5.41) is 12.6. The molecule has 132 valence electrons. The molecule has 0 aromatic rings. The molecule has 0 atom stereocenters. The van der Waals surface area contributed by atoms with Gasteiger partial charge in [0.1, 0.15) is 12.4 Å². The SMILES string of the molecule is C=C(CCCCCCOC(=O)NCOC#N)OC(=O)NCN=C=O. The summed E-state index contributed by atoms with van der Waals surface area (Å²) >= 11 is 0. The van der Waals surface area contributed by atoms with E-state index < -0.39 is 12.2 Å². The van der Waals surface area contributed by atoms with E-state index in [0.29, 0.717) is 18.6 Å². The van der Waals surface area contributed by atoms with Gasteiger partial charge >= 0.3 is 12.2 Å². The lowest BCUT2D eigenvalue weighted by Gasteiger charge is -2.07. The highest BCUT2D eigenvalue weighted by atomic mass is 16.6. The number of rotatable bonds is 12. The Hall–Kier alpha value is -3.05. The van der Waals surface area contributed by atoms with Gasteiger partial charge in [0.2, 0.25) is 6.08 Å². The summed E-state index contributed by atoms with van der Waals surface area (Å²) in [6, 6.07) is 0. The molecule has 2 amide bonds. The summed E-state index contributed by atoms with van der Waals surface area (Å²) in [5.74, 6) is 0.315. The topological polar surface area (TPSA) is 139 Å². The number of nitrogens with zero attached hydrogens (tertiary/aromatic N) is 2. The maximum Gasteiger partial charge on any atom is 0.413 e. The molecule has 0 saturated carbocycles. The molecule has 0 heterocycles. The van der Waals surface area contributed by atoms with Crippen LogP contribution in [0.3, 0.4) is 0 Å². The van der Waals surface area contributed by atoms with Crippen LogP contribution in [0.1, 0.15) is 32.1 Å². The maximum atomic E-state index is 11.2. The number of amides is 2. The van der Waals surface area contributed by atoms with Crippen molar-refractivity contribution < 1.29 is 28.6 Å². The fourth-order valence-electron chi connectivity index (χ4n) is 1.48. The standard InChI is InChI=1S/C14H20N4O6/c1-12(24-14(21)17-9-16-10-19)6-4-2-3-5-7-23-13(20)18-11-22-8-15/h1-7,9,11H2,(H,17,21)(H,18,20). The van der Waals surface area contributed by atoms with Crippen LogP contribution in [0.25, 0.3) is 0 Å². The number of alkyl carbamates (subject to hydrolysis) is 2. The van der Waals surface area contributed by atoms with Crippen molar-refractivity contribution in [2.45, 2.75) is 32.1 Å². The Morgan fingerprint density at radius 3 is 2.58 bits per heavy atom. The lowest BCUT2D eigenvalue weighted by atomic mass is 10.1. The number of isocyanates is 1. The number of hydrogen-bond acceptors (Lipinski definition) is 8. The number of carbonyl (C=O) groups excluding carboxylic acids is 3. The molecule has 10 heteroatoms. The summed E-state index contributed by atoms with van der Waals surface area (Å²) in [4.78, 5) is 35.2. The summed E-state index contributed by atoms with van der Waals surface area (Å²) in [6.07, 6.45) is 4.97. The Labute approximate surface area is 139 Å². The zero-order valence-corrected chi connectivity index (χ0v) is 13.2. The predicted octanol–water partition coefficient (Wildman–Crippen LogP) is 1.65. The molecular formula is C14H20N4O6.